The van der Waals surface area contributed by atoms with Crippen LogP contribution in [-0.4, -0.2) is 38.9 Å². The molecule has 6 heteroatoms. The second-order valence-electron chi connectivity index (χ2n) is 9.60. The van der Waals surface area contributed by atoms with Crippen LogP contribution in [0.1, 0.15) is 58.2 Å². The largest absolute Gasteiger partial charge is 0.480 e. The maximum Gasteiger partial charge on any atom is 0.324 e. The van der Waals surface area contributed by atoms with Crippen LogP contribution in [0.2, 0.25) is 0 Å². The highest BCUT2D eigenvalue weighted by atomic mass is 16.4. The van der Waals surface area contributed by atoms with E-state index in [1.807, 2.05) is 65.8 Å². The number of fused-ring (bicyclic) bond motifs is 1. The summed E-state index contributed by atoms with van der Waals surface area (Å²) in [6.07, 6.45) is 0.281. The van der Waals surface area contributed by atoms with Gasteiger partial charge in [0, 0.05) is 11.6 Å². The molecule has 2 fully saturated rings. The van der Waals surface area contributed by atoms with Gasteiger partial charge in [-0.25, -0.2) is 0 Å². The van der Waals surface area contributed by atoms with Gasteiger partial charge in [0.1, 0.15) is 5.54 Å². The summed E-state index contributed by atoms with van der Waals surface area (Å²) in [7, 11) is 0. The monoisotopic (exact) mass is 386 g/mol. The molecule has 152 valence electrons. The number of nitrogens with one attached hydrogen (secondary N) is 1. The van der Waals surface area contributed by atoms with Gasteiger partial charge < -0.3 is 5.11 Å². The van der Waals surface area contributed by atoms with Crippen LogP contribution in [0.4, 0.5) is 0 Å². The van der Waals surface area contributed by atoms with Crippen LogP contribution in [0.5, 0.6) is 0 Å². The van der Waals surface area contributed by atoms with Crippen molar-refractivity contribution in [1.82, 2.24) is 10.2 Å². The Kier molecular flexibility index (Phi) is 4.90. The third kappa shape index (κ3) is 3.04. The van der Waals surface area contributed by atoms with Gasteiger partial charge in [0.15, 0.2) is 0 Å². The number of carbonyl (C=O) groups excluding carboxylic acids is 2. The van der Waals surface area contributed by atoms with Crippen LogP contribution in [0.15, 0.2) is 24.3 Å². The number of carboxylic acid groups (broad SMARTS) is 1. The molecule has 2 aliphatic heterocycles. The molecule has 0 spiro atoms. The van der Waals surface area contributed by atoms with Gasteiger partial charge in [-0.1, -0.05) is 43.7 Å². The summed E-state index contributed by atoms with van der Waals surface area (Å²) >= 11 is 0. The van der Waals surface area contributed by atoms with Gasteiger partial charge in [0.2, 0.25) is 11.8 Å². The van der Waals surface area contributed by atoms with Crippen molar-refractivity contribution < 1.29 is 19.5 Å². The first-order chi connectivity index (χ1) is 12.9. The van der Waals surface area contributed by atoms with E-state index < -0.39 is 34.9 Å². The van der Waals surface area contributed by atoms with E-state index in [1.165, 1.54) is 4.90 Å². The lowest BCUT2D eigenvalue weighted by atomic mass is 9.75. The molecule has 0 radical (unpaired) electrons. The zero-order valence-corrected chi connectivity index (χ0v) is 17.4. The maximum absolute atomic E-state index is 13.4. The molecule has 4 unspecified atom stereocenters. The van der Waals surface area contributed by atoms with Crippen LogP contribution < -0.4 is 5.32 Å². The number of hydrogen-bond donors (Lipinski definition) is 2. The fourth-order valence-corrected chi connectivity index (χ4v) is 4.93. The number of aliphatic carboxylic acids is 1. The van der Waals surface area contributed by atoms with Crippen molar-refractivity contribution in [2.24, 2.45) is 17.8 Å². The smallest absolute Gasteiger partial charge is 0.324 e. The van der Waals surface area contributed by atoms with Gasteiger partial charge >= 0.3 is 5.97 Å². The lowest BCUT2D eigenvalue weighted by Gasteiger charge is -2.36. The normalized spacial score (nSPS) is 30.2. The molecule has 0 aromatic heterocycles. The van der Waals surface area contributed by atoms with Gasteiger partial charge in [-0.3, -0.25) is 24.6 Å². The maximum atomic E-state index is 13.4. The summed E-state index contributed by atoms with van der Waals surface area (Å²) in [4.78, 5) is 40.6. The van der Waals surface area contributed by atoms with E-state index in [-0.39, 0.29) is 24.2 Å². The van der Waals surface area contributed by atoms with E-state index in [4.69, 9.17) is 0 Å². The number of amides is 2. The predicted octanol–water partition coefficient (Wildman–Crippen LogP) is 2.91. The van der Waals surface area contributed by atoms with Crippen molar-refractivity contribution in [3.63, 3.8) is 0 Å². The van der Waals surface area contributed by atoms with Crippen LogP contribution in [0.3, 0.4) is 0 Å². The molecule has 1 aromatic carbocycles. The molecule has 28 heavy (non-hydrogen) atoms. The van der Waals surface area contributed by atoms with E-state index in [0.717, 1.165) is 11.1 Å². The molecule has 0 saturated carbocycles. The molecule has 0 aliphatic carbocycles. The van der Waals surface area contributed by atoms with Crippen molar-refractivity contribution in [3.8, 4) is 0 Å². The average molecular weight is 386 g/mol. The Morgan fingerprint density at radius 2 is 1.89 bits per heavy atom. The summed E-state index contributed by atoms with van der Waals surface area (Å²) in [6, 6.07) is 7.19. The minimum absolute atomic E-state index is 0.0482. The van der Waals surface area contributed by atoms with Crippen molar-refractivity contribution in [1.29, 1.82) is 0 Å². The van der Waals surface area contributed by atoms with Gasteiger partial charge in [0.25, 0.3) is 0 Å². The molecular formula is C22H30N2O4. The molecule has 2 saturated heterocycles. The quantitative estimate of drug-likeness (QED) is 0.777. The van der Waals surface area contributed by atoms with Gasteiger partial charge in [-0.2, -0.15) is 0 Å². The van der Waals surface area contributed by atoms with Crippen LogP contribution in [-0.2, 0) is 14.4 Å². The lowest BCUT2D eigenvalue weighted by Crippen LogP contribution is -2.58. The van der Waals surface area contributed by atoms with Crippen LogP contribution in [0, 0.1) is 24.7 Å². The van der Waals surface area contributed by atoms with Gasteiger partial charge in [-0.15, -0.1) is 0 Å². The fraction of sp³-hybridized carbons (Fsp3) is 0.591. The first-order valence-electron chi connectivity index (χ1n) is 9.85. The number of aryl methyl sites for hydroxylation is 1. The molecule has 2 aliphatic rings. The van der Waals surface area contributed by atoms with Crippen LogP contribution >= 0.6 is 0 Å². The molecule has 3 rings (SSSR count). The zero-order valence-electron chi connectivity index (χ0n) is 17.4. The highest BCUT2D eigenvalue weighted by Crippen LogP contribution is 2.52. The Hall–Kier alpha value is -2.21. The summed E-state index contributed by atoms with van der Waals surface area (Å²) in [5.74, 6) is -3.31. The van der Waals surface area contributed by atoms with Crippen molar-refractivity contribution in [3.05, 3.63) is 35.4 Å². The van der Waals surface area contributed by atoms with Gasteiger partial charge in [-0.05, 0) is 45.6 Å². The third-order valence-corrected chi connectivity index (χ3v) is 5.84. The first kappa shape index (κ1) is 20.5. The summed E-state index contributed by atoms with van der Waals surface area (Å²) in [5.41, 5.74) is -0.284. The standard InChI is InChI=1S/C22H30N2O4/c1-12(2)11-22(20(27)28)16-15(18(25)24(19(16)26)21(4,5)6)17(23-22)14-9-7-8-13(3)10-14/h7-10,12,15-17,23H,11H2,1-6H3,(H,27,28). The Balaban J connectivity index is 2.19. The van der Waals surface area contributed by atoms with E-state index >= 15 is 0 Å². The third-order valence-electron chi connectivity index (χ3n) is 5.84. The Labute approximate surface area is 166 Å². The van der Waals surface area contributed by atoms with E-state index in [9.17, 15) is 19.5 Å². The minimum atomic E-state index is -1.46. The molecule has 2 N–H and O–H groups in total. The Bertz CT molecular complexity index is 826. The topological polar surface area (TPSA) is 86.7 Å². The first-order valence-corrected chi connectivity index (χ1v) is 9.85. The average Bonchev–Trinajstić information content (AvgIpc) is 3.02. The number of imide groups is 1. The summed E-state index contributed by atoms with van der Waals surface area (Å²) in [6.45, 7) is 11.3. The molecule has 2 amide bonds. The fourth-order valence-electron chi connectivity index (χ4n) is 4.93. The molecule has 0 bridgehead atoms. The predicted molar refractivity (Wildman–Crippen MR) is 105 cm³/mol. The SMILES string of the molecule is Cc1cccc(C2NC(CC(C)C)(C(=O)O)C3C(=O)N(C(C)(C)C)C(=O)C23)c1. The van der Waals surface area contributed by atoms with E-state index in [1.54, 1.807) is 0 Å². The number of hydrogen-bond acceptors (Lipinski definition) is 4. The molecule has 4 atom stereocenters. The minimum Gasteiger partial charge on any atom is -0.480 e. The highest BCUT2D eigenvalue weighted by Gasteiger charge is 2.69. The number of carboxylic acids is 1. The summed E-state index contributed by atoms with van der Waals surface area (Å²) < 4.78 is 0. The highest BCUT2D eigenvalue weighted by molar-refractivity contribution is 6.10. The second-order valence-corrected chi connectivity index (χ2v) is 9.60. The Morgan fingerprint density at radius 3 is 2.39 bits per heavy atom. The second kappa shape index (κ2) is 6.69. The van der Waals surface area contributed by atoms with E-state index in [2.05, 4.69) is 5.32 Å². The summed E-state index contributed by atoms with van der Waals surface area (Å²) in [5, 5.41) is 13.5. The van der Waals surface area contributed by atoms with Crippen LogP contribution in [0.25, 0.3) is 0 Å². The van der Waals surface area contributed by atoms with Crippen molar-refractivity contribution in [2.75, 3.05) is 0 Å². The van der Waals surface area contributed by atoms with Crippen molar-refractivity contribution in [2.45, 2.75) is 65.1 Å². The molecule has 2 heterocycles. The number of carbonyl (C=O) groups is 3. The lowest BCUT2D eigenvalue weighted by molar-refractivity contribution is -0.154. The van der Waals surface area contributed by atoms with Gasteiger partial charge in [0.05, 0.1) is 11.8 Å². The Morgan fingerprint density at radius 1 is 1.25 bits per heavy atom. The molecule has 6 nitrogen and oxygen atoms in total. The molecular weight excluding hydrogens is 356 g/mol. The number of rotatable bonds is 4. The molecule has 1 aromatic rings. The van der Waals surface area contributed by atoms with Crippen molar-refractivity contribution >= 4 is 17.8 Å². The van der Waals surface area contributed by atoms with E-state index in [0.29, 0.717) is 0 Å². The number of likely N-dealkylation sites (tertiary alicyclic amines) is 1. The number of nitrogens with zero attached hydrogens (tertiary/aromatic N) is 1. The zero-order chi connectivity index (χ0) is 21.0. The number of benzene rings is 1.